The maximum Gasteiger partial charge on any atom is 0.247 e. The molecule has 0 aliphatic carbocycles. The molecule has 0 N–H and O–H groups in total. The Morgan fingerprint density at radius 2 is 1.81 bits per heavy atom. The van der Waals surface area contributed by atoms with E-state index in [2.05, 4.69) is 31.9 Å². The lowest BCUT2D eigenvalue weighted by Gasteiger charge is -2.10. The number of rotatable bonds is 9. The van der Waals surface area contributed by atoms with Crippen LogP contribution in [-0.4, -0.2) is 39.2 Å². The van der Waals surface area contributed by atoms with Crippen molar-refractivity contribution in [2.75, 3.05) is 14.2 Å². The van der Waals surface area contributed by atoms with Gasteiger partial charge in [-0.15, -0.1) is 20.4 Å². The molecule has 2 heterocycles. The second-order valence-corrected chi connectivity index (χ2v) is 8.11. The standard InChI is InChI=1S/C23H25N5O3S/c1-5-28-20(13-16-9-10-18(29-3)19(12-16)30-4)24-27-23(28)32-14-21-25-26-22(31-21)17-8-6-7-15(2)11-17/h6-12H,5,13-14H2,1-4H3. The molecule has 0 spiro atoms. The normalized spacial score (nSPS) is 11.0. The van der Waals surface area contributed by atoms with Crippen LogP contribution in [0.15, 0.2) is 52.0 Å². The van der Waals surface area contributed by atoms with E-state index >= 15 is 0 Å². The van der Waals surface area contributed by atoms with E-state index in [1.165, 1.54) is 11.8 Å². The van der Waals surface area contributed by atoms with E-state index in [1.807, 2.05) is 49.4 Å². The van der Waals surface area contributed by atoms with Crippen LogP contribution < -0.4 is 9.47 Å². The zero-order valence-corrected chi connectivity index (χ0v) is 19.3. The molecule has 0 bridgehead atoms. The van der Waals surface area contributed by atoms with Gasteiger partial charge in [-0.3, -0.25) is 0 Å². The van der Waals surface area contributed by atoms with Gasteiger partial charge in [-0.2, -0.15) is 0 Å². The molecule has 0 unspecified atom stereocenters. The molecule has 4 rings (SSSR count). The molecule has 0 atom stereocenters. The van der Waals surface area contributed by atoms with Crippen molar-refractivity contribution in [3.8, 4) is 23.0 Å². The largest absolute Gasteiger partial charge is 0.493 e. The Balaban J connectivity index is 1.46. The fourth-order valence-corrected chi connectivity index (χ4v) is 4.24. The quantitative estimate of drug-likeness (QED) is 0.342. The highest BCUT2D eigenvalue weighted by Gasteiger charge is 2.15. The molecular formula is C23H25N5O3S. The number of hydrogen-bond acceptors (Lipinski definition) is 8. The fourth-order valence-electron chi connectivity index (χ4n) is 3.38. The molecule has 0 amide bonds. The highest BCUT2D eigenvalue weighted by molar-refractivity contribution is 7.98. The number of nitrogens with zero attached hydrogens (tertiary/aromatic N) is 5. The third-order valence-electron chi connectivity index (χ3n) is 4.98. The predicted molar refractivity (Wildman–Crippen MR) is 122 cm³/mol. The molecule has 0 radical (unpaired) electrons. The third kappa shape index (κ3) is 4.77. The summed E-state index contributed by atoms with van der Waals surface area (Å²) in [6, 6.07) is 13.9. The molecule has 8 nitrogen and oxygen atoms in total. The van der Waals surface area contributed by atoms with Crippen LogP contribution in [0.5, 0.6) is 11.5 Å². The molecule has 4 aromatic rings. The van der Waals surface area contributed by atoms with Gasteiger partial charge in [0.15, 0.2) is 16.7 Å². The van der Waals surface area contributed by atoms with E-state index in [9.17, 15) is 0 Å². The molecule has 0 fully saturated rings. The Morgan fingerprint density at radius 1 is 0.969 bits per heavy atom. The van der Waals surface area contributed by atoms with Gasteiger partial charge >= 0.3 is 0 Å². The molecule has 2 aromatic carbocycles. The van der Waals surface area contributed by atoms with Gasteiger partial charge in [-0.05, 0) is 43.7 Å². The van der Waals surface area contributed by atoms with Crippen LogP contribution in [0, 0.1) is 6.92 Å². The number of aromatic nitrogens is 5. The van der Waals surface area contributed by atoms with Gasteiger partial charge in [0.05, 0.1) is 20.0 Å². The predicted octanol–water partition coefficient (Wildman–Crippen LogP) is 4.56. The van der Waals surface area contributed by atoms with Crippen molar-refractivity contribution in [3.63, 3.8) is 0 Å². The van der Waals surface area contributed by atoms with Crippen molar-refractivity contribution >= 4 is 11.8 Å². The van der Waals surface area contributed by atoms with Crippen LogP contribution in [0.2, 0.25) is 0 Å². The van der Waals surface area contributed by atoms with E-state index in [1.54, 1.807) is 14.2 Å². The summed E-state index contributed by atoms with van der Waals surface area (Å²) in [5.74, 6) is 3.88. The van der Waals surface area contributed by atoms with E-state index in [0.29, 0.717) is 35.5 Å². The van der Waals surface area contributed by atoms with Crippen LogP contribution in [-0.2, 0) is 18.7 Å². The number of thioether (sulfide) groups is 1. The highest BCUT2D eigenvalue weighted by atomic mass is 32.2. The Hall–Kier alpha value is -3.33. The Kier molecular flexibility index (Phi) is 6.75. The molecule has 0 saturated heterocycles. The number of methoxy groups -OCH3 is 2. The summed E-state index contributed by atoms with van der Waals surface area (Å²) in [6.07, 6.45) is 0.639. The zero-order chi connectivity index (χ0) is 22.5. The summed E-state index contributed by atoms with van der Waals surface area (Å²) in [7, 11) is 3.26. The summed E-state index contributed by atoms with van der Waals surface area (Å²) in [4.78, 5) is 0. The molecule has 9 heteroatoms. The van der Waals surface area contributed by atoms with Gasteiger partial charge in [0.1, 0.15) is 5.82 Å². The highest BCUT2D eigenvalue weighted by Crippen LogP contribution is 2.29. The topological polar surface area (TPSA) is 88.1 Å². The molecule has 32 heavy (non-hydrogen) atoms. The lowest BCUT2D eigenvalue weighted by molar-refractivity contribution is 0.354. The first kappa shape index (κ1) is 21.9. The van der Waals surface area contributed by atoms with E-state index in [-0.39, 0.29) is 0 Å². The summed E-state index contributed by atoms with van der Waals surface area (Å²) in [6.45, 7) is 4.87. The van der Waals surface area contributed by atoms with Crippen molar-refractivity contribution in [1.29, 1.82) is 0 Å². The van der Waals surface area contributed by atoms with Gasteiger partial charge in [0.2, 0.25) is 11.8 Å². The molecule has 0 aliphatic heterocycles. The lowest BCUT2D eigenvalue weighted by Crippen LogP contribution is -2.04. The van der Waals surface area contributed by atoms with Crippen LogP contribution in [0.4, 0.5) is 0 Å². The average molecular weight is 452 g/mol. The first-order valence-corrected chi connectivity index (χ1v) is 11.2. The third-order valence-corrected chi connectivity index (χ3v) is 5.93. The minimum Gasteiger partial charge on any atom is -0.493 e. The van der Waals surface area contributed by atoms with Crippen molar-refractivity contribution in [2.45, 2.75) is 37.7 Å². The maximum absolute atomic E-state index is 5.84. The molecule has 2 aromatic heterocycles. The number of hydrogen-bond donors (Lipinski definition) is 0. The number of aryl methyl sites for hydroxylation is 1. The Labute approximate surface area is 191 Å². The maximum atomic E-state index is 5.84. The van der Waals surface area contributed by atoms with Gasteiger partial charge in [-0.1, -0.05) is 35.5 Å². The second kappa shape index (κ2) is 9.86. The van der Waals surface area contributed by atoms with Crippen molar-refractivity contribution < 1.29 is 13.9 Å². The van der Waals surface area contributed by atoms with E-state index in [0.717, 1.165) is 34.2 Å². The average Bonchev–Trinajstić information content (AvgIpc) is 3.44. The van der Waals surface area contributed by atoms with Crippen molar-refractivity contribution in [1.82, 2.24) is 25.0 Å². The van der Waals surface area contributed by atoms with Gasteiger partial charge in [-0.25, -0.2) is 0 Å². The number of benzene rings is 2. The van der Waals surface area contributed by atoms with Crippen LogP contribution in [0.1, 0.15) is 29.8 Å². The van der Waals surface area contributed by atoms with E-state index < -0.39 is 0 Å². The van der Waals surface area contributed by atoms with Gasteiger partial charge in [0, 0.05) is 18.5 Å². The van der Waals surface area contributed by atoms with Crippen LogP contribution >= 0.6 is 11.8 Å². The summed E-state index contributed by atoms with van der Waals surface area (Å²) >= 11 is 1.53. The molecule has 0 aliphatic rings. The SMILES string of the molecule is CCn1c(Cc2ccc(OC)c(OC)c2)nnc1SCc1nnc(-c2cccc(C)c2)o1. The first-order valence-electron chi connectivity index (χ1n) is 10.3. The van der Waals surface area contributed by atoms with Crippen molar-refractivity contribution in [3.05, 3.63) is 65.3 Å². The second-order valence-electron chi connectivity index (χ2n) is 7.17. The first-order chi connectivity index (χ1) is 15.6. The Bertz CT molecular complexity index is 1200. The van der Waals surface area contributed by atoms with Crippen LogP contribution in [0.3, 0.4) is 0 Å². The summed E-state index contributed by atoms with van der Waals surface area (Å²) in [5, 5.41) is 18.0. The lowest BCUT2D eigenvalue weighted by atomic mass is 10.1. The fraction of sp³-hybridized carbons (Fsp3) is 0.304. The van der Waals surface area contributed by atoms with Gasteiger partial charge in [0.25, 0.3) is 0 Å². The molecule has 166 valence electrons. The Morgan fingerprint density at radius 3 is 2.56 bits per heavy atom. The monoisotopic (exact) mass is 451 g/mol. The van der Waals surface area contributed by atoms with Gasteiger partial charge < -0.3 is 18.5 Å². The summed E-state index contributed by atoms with van der Waals surface area (Å²) < 4.78 is 18.7. The zero-order valence-electron chi connectivity index (χ0n) is 18.5. The van der Waals surface area contributed by atoms with Crippen LogP contribution in [0.25, 0.3) is 11.5 Å². The molecular weight excluding hydrogens is 426 g/mol. The minimum absolute atomic E-state index is 0.521. The van der Waals surface area contributed by atoms with Crippen molar-refractivity contribution in [2.24, 2.45) is 0 Å². The summed E-state index contributed by atoms with van der Waals surface area (Å²) in [5.41, 5.74) is 3.14. The molecule has 0 saturated carbocycles. The minimum atomic E-state index is 0.521. The number of ether oxygens (including phenoxy) is 2. The van der Waals surface area contributed by atoms with E-state index in [4.69, 9.17) is 13.9 Å². The smallest absolute Gasteiger partial charge is 0.247 e.